The van der Waals surface area contributed by atoms with Crippen molar-refractivity contribution in [3.63, 3.8) is 0 Å². The molecule has 1 rings (SSSR count). The Labute approximate surface area is 96.1 Å². The quantitative estimate of drug-likeness (QED) is 0.709. The third-order valence-corrected chi connectivity index (χ3v) is 2.87. The highest BCUT2D eigenvalue weighted by molar-refractivity contribution is 5.33. The number of rotatable bonds is 4. The van der Waals surface area contributed by atoms with Crippen LogP contribution < -0.4 is 0 Å². The lowest BCUT2D eigenvalue weighted by Gasteiger charge is -2.30. The second-order valence-corrected chi connectivity index (χ2v) is 4.03. The molecule has 3 heteroatoms. The van der Waals surface area contributed by atoms with E-state index < -0.39 is 6.05 Å². The van der Waals surface area contributed by atoms with Crippen molar-refractivity contribution in [2.75, 3.05) is 13.1 Å². The van der Waals surface area contributed by atoms with Gasteiger partial charge in [0, 0.05) is 18.7 Å². The predicted molar refractivity (Wildman–Crippen MR) is 62.7 cm³/mol. The second-order valence-electron chi connectivity index (χ2n) is 4.03. The van der Waals surface area contributed by atoms with E-state index in [1.165, 1.54) is 11.0 Å². The summed E-state index contributed by atoms with van der Waals surface area (Å²) in [6.45, 7) is 7.83. The largest absolute Gasteiger partial charge is 0.332 e. The van der Waals surface area contributed by atoms with Gasteiger partial charge in [-0.15, -0.1) is 0 Å². The SMILES string of the molecule is CCN(CC)C(F)(F)c1ccc(C)cc1C. The third-order valence-electron chi connectivity index (χ3n) is 2.87. The van der Waals surface area contributed by atoms with E-state index in [2.05, 4.69) is 0 Å². The van der Waals surface area contributed by atoms with Crippen LogP contribution >= 0.6 is 0 Å². The number of hydrogen-bond donors (Lipinski definition) is 0. The Hall–Kier alpha value is -0.960. The standard InChI is InChI=1S/C13H19F2N/c1-5-16(6-2)13(14,15)12-8-7-10(3)9-11(12)4/h7-9H,5-6H2,1-4H3. The molecule has 0 unspecified atom stereocenters. The molecule has 1 aromatic carbocycles. The molecule has 0 bridgehead atoms. The number of nitrogens with zero attached hydrogens (tertiary/aromatic N) is 1. The molecule has 0 N–H and O–H groups in total. The van der Waals surface area contributed by atoms with Gasteiger partial charge in [0.15, 0.2) is 0 Å². The van der Waals surface area contributed by atoms with Gasteiger partial charge in [-0.1, -0.05) is 37.6 Å². The van der Waals surface area contributed by atoms with Crippen molar-refractivity contribution in [1.29, 1.82) is 0 Å². The Bertz CT molecular complexity index is 357. The average molecular weight is 227 g/mol. The van der Waals surface area contributed by atoms with Crippen LogP contribution in [0.3, 0.4) is 0 Å². The highest BCUT2D eigenvalue weighted by Gasteiger charge is 2.38. The maximum absolute atomic E-state index is 14.1. The molecule has 16 heavy (non-hydrogen) atoms. The smallest absolute Gasteiger partial charge is 0.241 e. The molecule has 0 atom stereocenters. The number of benzene rings is 1. The minimum absolute atomic E-state index is 0.113. The van der Waals surface area contributed by atoms with Crippen LogP contribution in [0.4, 0.5) is 8.78 Å². The van der Waals surface area contributed by atoms with Gasteiger partial charge in [0.2, 0.25) is 0 Å². The minimum Gasteiger partial charge on any atom is -0.241 e. The van der Waals surface area contributed by atoms with Gasteiger partial charge >= 0.3 is 6.05 Å². The normalized spacial score (nSPS) is 12.2. The summed E-state index contributed by atoms with van der Waals surface area (Å²) in [7, 11) is 0. The number of halogens is 2. The first kappa shape index (κ1) is 13.1. The molecule has 0 aromatic heterocycles. The van der Waals surface area contributed by atoms with Gasteiger partial charge in [-0.25, -0.2) is 4.90 Å². The summed E-state index contributed by atoms with van der Waals surface area (Å²) in [5.41, 5.74) is 1.77. The van der Waals surface area contributed by atoms with E-state index in [0.29, 0.717) is 18.7 Å². The molecular formula is C13H19F2N. The zero-order valence-corrected chi connectivity index (χ0v) is 10.3. The van der Waals surface area contributed by atoms with Crippen molar-refractivity contribution in [3.05, 3.63) is 34.9 Å². The molecule has 90 valence electrons. The molecule has 0 aliphatic carbocycles. The third kappa shape index (κ3) is 2.40. The fourth-order valence-electron chi connectivity index (χ4n) is 1.94. The summed E-state index contributed by atoms with van der Waals surface area (Å²) in [5, 5.41) is 0. The van der Waals surface area contributed by atoms with Crippen LogP contribution in [0.25, 0.3) is 0 Å². The summed E-state index contributed by atoms with van der Waals surface area (Å²) in [6.07, 6.45) is 0. The molecule has 0 amide bonds. The number of hydrogen-bond acceptors (Lipinski definition) is 1. The van der Waals surface area contributed by atoms with E-state index in [-0.39, 0.29) is 5.56 Å². The lowest BCUT2D eigenvalue weighted by Crippen LogP contribution is -2.39. The van der Waals surface area contributed by atoms with E-state index in [1.54, 1.807) is 32.9 Å². The van der Waals surface area contributed by atoms with Crippen LogP contribution in [-0.2, 0) is 6.05 Å². The zero-order valence-electron chi connectivity index (χ0n) is 10.3. The van der Waals surface area contributed by atoms with Gasteiger partial charge < -0.3 is 0 Å². The molecule has 0 fully saturated rings. The topological polar surface area (TPSA) is 3.24 Å². The summed E-state index contributed by atoms with van der Waals surface area (Å²) >= 11 is 0. The lowest BCUT2D eigenvalue weighted by atomic mass is 10.0. The summed E-state index contributed by atoms with van der Waals surface area (Å²) in [4.78, 5) is 1.17. The van der Waals surface area contributed by atoms with Gasteiger partial charge in [0.25, 0.3) is 0 Å². The lowest BCUT2D eigenvalue weighted by molar-refractivity contribution is -0.151. The zero-order chi connectivity index (χ0) is 12.3. The number of alkyl halides is 2. The van der Waals surface area contributed by atoms with E-state index in [9.17, 15) is 8.78 Å². The summed E-state index contributed by atoms with van der Waals surface area (Å²) < 4.78 is 28.3. The minimum atomic E-state index is -2.87. The van der Waals surface area contributed by atoms with Crippen molar-refractivity contribution < 1.29 is 8.78 Å². The van der Waals surface area contributed by atoms with E-state index in [4.69, 9.17) is 0 Å². The monoisotopic (exact) mass is 227 g/mol. The maximum atomic E-state index is 14.1. The number of aryl methyl sites for hydroxylation is 2. The first-order valence-corrected chi connectivity index (χ1v) is 5.64. The maximum Gasteiger partial charge on any atom is 0.332 e. The Morgan fingerprint density at radius 1 is 1.12 bits per heavy atom. The van der Waals surface area contributed by atoms with Crippen LogP contribution in [0.5, 0.6) is 0 Å². The molecule has 0 heterocycles. The van der Waals surface area contributed by atoms with Crippen molar-refractivity contribution in [1.82, 2.24) is 4.90 Å². The first-order chi connectivity index (χ1) is 7.43. The second kappa shape index (κ2) is 4.91. The van der Waals surface area contributed by atoms with E-state index in [1.807, 2.05) is 6.92 Å². The summed E-state index contributed by atoms with van der Waals surface area (Å²) in [5.74, 6) is 0. The molecule has 0 saturated heterocycles. The van der Waals surface area contributed by atoms with Crippen LogP contribution in [0, 0.1) is 13.8 Å². The molecule has 0 aliphatic heterocycles. The highest BCUT2D eigenvalue weighted by atomic mass is 19.3. The molecule has 0 saturated carbocycles. The van der Waals surface area contributed by atoms with E-state index >= 15 is 0 Å². The highest BCUT2D eigenvalue weighted by Crippen LogP contribution is 2.34. The molecular weight excluding hydrogens is 208 g/mol. The molecule has 0 aliphatic rings. The fourth-order valence-corrected chi connectivity index (χ4v) is 1.94. The van der Waals surface area contributed by atoms with Crippen LogP contribution in [-0.4, -0.2) is 18.0 Å². The van der Waals surface area contributed by atoms with Crippen molar-refractivity contribution >= 4 is 0 Å². The van der Waals surface area contributed by atoms with E-state index in [0.717, 1.165) is 5.56 Å². The van der Waals surface area contributed by atoms with Gasteiger partial charge in [-0.05, 0) is 19.4 Å². The Kier molecular flexibility index (Phi) is 4.03. The van der Waals surface area contributed by atoms with Crippen LogP contribution in [0.1, 0.15) is 30.5 Å². The van der Waals surface area contributed by atoms with Crippen molar-refractivity contribution in [2.24, 2.45) is 0 Å². The molecule has 0 radical (unpaired) electrons. The van der Waals surface area contributed by atoms with Crippen LogP contribution in [0.15, 0.2) is 18.2 Å². The molecule has 1 aromatic rings. The fraction of sp³-hybridized carbons (Fsp3) is 0.538. The molecule has 0 spiro atoms. The average Bonchev–Trinajstić information content (AvgIpc) is 2.18. The van der Waals surface area contributed by atoms with Crippen LogP contribution in [0.2, 0.25) is 0 Å². The Morgan fingerprint density at radius 3 is 2.12 bits per heavy atom. The predicted octanol–water partition coefficient (Wildman–Crippen LogP) is 3.69. The Morgan fingerprint density at radius 2 is 1.69 bits per heavy atom. The van der Waals surface area contributed by atoms with Gasteiger partial charge in [0.1, 0.15) is 0 Å². The Balaban J connectivity index is 3.15. The first-order valence-electron chi connectivity index (χ1n) is 5.64. The van der Waals surface area contributed by atoms with Crippen molar-refractivity contribution in [3.8, 4) is 0 Å². The van der Waals surface area contributed by atoms with Gasteiger partial charge in [-0.2, -0.15) is 8.78 Å². The van der Waals surface area contributed by atoms with Gasteiger partial charge in [0.05, 0.1) is 0 Å². The van der Waals surface area contributed by atoms with Gasteiger partial charge in [-0.3, -0.25) is 0 Å². The molecule has 1 nitrogen and oxygen atoms in total. The van der Waals surface area contributed by atoms with Crippen molar-refractivity contribution in [2.45, 2.75) is 33.7 Å². The summed E-state index contributed by atoms with van der Waals surface area (Å²) in [6, 6.07) is 2.19.